The number of rotatable bonds is 3. The van der Waals surface area contributed by atoms with E-state index < -0.39 is 15.9 Å². The van der Waals surface area contributed by atoms with Gasteiger partial charge in [-0.15, -0.1) is 0 Å². The highest BCUT2D eigenvalue weighted by Gasteiger charge is 2.16. The Bertz CT molecular complexity index is 851. The summed E-state index contributed by atoms with van der Waals surface area (Å²) in [4.78, 5) is 12.3. The molecule has 22 heavy (non-hydrogen) atoms. The van der Waals surface area contributed by atoms with Crippen molar-refractivity contribution >= 4 is 53.5 Å². The van der Waals surface area contributed by atoms with E-state index in [1.165, 1.54) is 18.2 Å². The van der Waals surface area contributed by atoms with Crippen molar-refractivity contribution < 1.29 is 13.2 Å². The molecular formula is C14H12Br2N2O3S. The van der Waals surface area contributed by atoms with Crippen LogP contribution in [0.2, 0.25) is 0 Å². The van der Waals surface area contributed by atoms with Crippen LogP contribution in [0.25, 0.3) is 0 Å². The number of primary sulfonamides is 1. The molecule has 2 aromatic rings. The van der Waals surface area contributed by atoms with Crippen LogP contribution in [0.3, 0.4) is 0 Å². The third kappa shape index (κ3) is 3.95. The summed E-state index contributed by atoms with van der Waals surface area (Å²) >= 11 is 6.58. The summed E-state index contributed by atoms with van der Waals surface area (Å²) in [5.74, 6) is -0.432. The number of nitrogens with two attached hydrogens (primary N) is 1. The maximum absolute atomic E-state index is 12.4. The van der Waals surface area contributed by atoms with Crippen LogP contribution in [-0.2, 0) is 10.0 Å². The number of hydrogen-bond acceptors (Lipinski definition) is 3. The Hall–Kier alpha value is -1.22. The van der Waals surface area contributed by atoms with Crippen molar-refractivity contribution in [2.24, 2.45) is 5.14 Å². The SMILES string of the molecule is Cc1ccc(Br)cc1NC(=O)c1cc(S(N)(=O)=O)ccc1Br. The summed E-state index contributed by atoms with van der Waals surface area (Å²) in [7, 11) is -3.87. The van der Waals surface area contributed by atoms with Gasteiger partial charge in [0.2, 0.25) is 10.0 Å². The largest absolute Gasteiger partial charge is 0.322 e. The van der Waals surface area contributed by atoms with Crippen molar-refractivity contribution in [1.82, 2.24) is 0 Å². The maximum atomic E-state index is 12.4. The molecule has 0 aliphatic rings. The maximum Gasteiger partial charge on any atom is 0.256 e. The zero-order valence-electron chi connectivity index (χ0n) is 11.4. The fraction of sp³-hybridized carbons (Fsp3) is 0.0714. The van der Waals surface area contributed by atoms with Crippen molar-refractivity contribution in [3.63, 3.8) is 0 Å². The smallest absolute Gasteiger partial charge is 0.256 e. The second-order valence-electron chi connectivity index (χ2n) is 4.60. The van der Waals surface area contributed by atoms with E-state index in [2.05, 4.69) is 37.2 Å². The molecule has 0 atom stereocenters. The van der Waals surface area contributed by atoms with Crippen LogP contribution in [0, 0.1) is 6.92 Å². The molecule has 0 radical (unpaired) electrons. The predicted molar refractivity (Wildman–Crippen MR) is 92.3 cm³/mol. The number of carbonyl (C=O) groups is 1. The van der Waals surface area contributed by atoms with Gasteiger partial charge in [0.1, 0.15) is 0 Å². The van der Waals surface area contributed by atoms with Gasteiger partial charge in [0, 0.05) is 14.6 Å². The van der Waals surface area contributed by atoms with Crippen molar-refractivity contribution in [3.05, 3.63) is 56.5 Å². The molecule has 5 nitrogen and oxygen atoms in total. The van der Waals surface area contributed by atoms with Crippen molar-refractivity contribution in [2.75, 3.05) is 5.32 Å². The van der Waals surface area contributed by atoms with Crippen LogP contribution in [0.4, 0.5) is 5.69 Å². The first-order valence-electron chi connectivity index (χ1n) is 6.08. The number of anilines is 1. The molecule has 0 spiro atoms. The monoisotopic (exact) mass is 446 g/mol. The summed E-state index contributed by atoms with van der Waals surface area (Å²) in [6.07, 6.45) is 0. The molecule has 0 saturated carbocycles. The number of aryl methyl sites for hydroxylation is 1. The van der Waals surface area contributed by atoms with Gasteiger partial charge in [0.25, 0.3) is 5.91 Å². The zero-order valence-corrected chi connectivity index (χ0v) is 15.4. The molecule has 0 saturated heterocycles. The number of hydrogen-bond donors (Lipinski definition) is 2. The molecule has 2 rings (SSSR count). The molecule has 0 aliphatic carbocycles. The van der Waals surface area contributed by atoms with E-state index in [0.29, 0.717) is 10.2 Å². The lowest BCUT2D eigenvalue weighted by Crippen LogP contribution is -2.16. The van der Waals surface area contributed by atoms with E-state index in [1.54, 1.807) is 6.07 Å². The van der Waals surface area contributed by atoms with Crippen molar-refractivity contribution in [2.45, 2.75) is 11.8 Å². The fourth-order valence-electron chi connectivity index (χ4n) is 1.77. The fourth-order valence-corrected chi connectivity index (χ4v) is 3.10. The molecular weight excluding hydrogens is 436 g/mol. The first-order valence-corrected chi connectivity index (χ1v) is 9.21. The Morgan fingerprint density at radius 3 is 2.45 bits per heavy atom. The van der Waals surface area contributed by atoms with Gasteiger partial charge in [-0.25, -0.2) is 13.6 Å². The third-order valence-electron chi connectivity index (χ3n) is 2.96. The minimum atomic E-state index is -3.87. The molecule has 3 N–H and O–H groups in total. The highest BCUT2D eigenvalue weighted by atomic mass is 79.9. The number of benzene rings is 2. The Morgan fingerprint density at radius 2 is 1.82 bits per heavy atom. The van der Waals surface area contributed by atoms with Gasteiger partial charge in [-0.2, -0.15) is 0 Å². The van der Waals surface area contributed by atoms with E-state index in [-0.39, 0.29) is 10.5 Å². The molecule has 8 heteroatoms. The zero-order chi connectivity index (χ0) is 16.5. The van der Waals surface area contributed by atoms with Gasteiger partial charge in [0.05, 0.1) is 10.5 Å². The molecule has 0 bridgehead atoms. The van der Waals surface area contributed by atoms with Gasteiger partial charge < -0.3 is 5.32 Å². The van der Waals surface area contributed by atoms with E-state index >= 15 is 0 Å². The van der Waals surface area contributed by atoms with Crippen molar-refractivity contribution in [1.29, 1.82) is 0 Å². The minimum absolute atomic E-state index is 0.119. The molecule has 0 aliphatic heterocycles. The van der Waals surface area contributed by atoms with Crippen LogP contribution in [-0.4, -0.2) is 14.3 Å². The van der Waals surface area contributed by atoms with Crippen LogP contribution in [0.15, 0.2) is 50.2 Å². The molecule has 1 amide bonds. The molecule has 2 aromatic carbocycles. The molecule has 0 aromatic heterocycles. The Balaban J connectivity index is 2.39. The molecule has 0 fully saturated rings. The van der Waals surface area contributed by atoms with Crippen LogP contribution < -0.4 is 10.5 Å². The standard InChI is InChI=1S/C14H12Br2N2O3S/c1-8-2-3-9(15)6-13(8)18-14(19)11-7-10(22(17,20)21)4-5-12(11)16/h2-7H,1H3,(H,18,19)(H2,17,20,21). The Labute approximate surface area is 145 Å². The number of nitrogens with one attached hydrogen (secondary N) is 1. The average molecular weight is 448 g/mol. The van der Waals surface area contributed by atoms with Gasteiger partial charge in [-0.1, -0.05) is 22.0 Å². The minimum Gasteiger partial charge on any atom is -0.322 e. The summed E-state index contributed by atoms with van der Waals surface area (Å²) < 4.78 is 24.1. The number of amides is 1. The van der Waals surface area contributed by atoms with Crippen molar-refractivity contribution in [3.8, 4) is 0 Å². The topological polar surface area (TPSA) is 89.3 Å². The Kier molecular flexibility index (Phi) is 5.06. The molecule has 0 unspecified atom stereocenters. The lowest BCUT2D eigenvalue weighted by atomic mass is 10.1. The summed E-state index contributed by atoms with van der Waals surface area (Å²) in [5.41, 5.74) is 1.70. The van der Waals surface area contributed by atoms with Gasteiger partial charge >= 0.3 is 0 Å². The van der Waals surface area contributed by atoms with Crippen LogP contribution >= 0.6 is 31.9 Å². The predicted octanol–water partition coefficient (Wildman–Crippen LogP) is 3.42. The second kappa shape index (κ2) is 6.49. The van der Waals surface area contributed by atoms with Gasteiger partial charge in [-0.3, -0.25) is 4.79 Å². The summed E-state index contributed by atoms with van der Waals surface area (Å²) in [5, 5.41) is 7.84. The van der Waals surface area contributed by atoms with E-state index in [4.69, 9.17) is 5.14 Å². The van der Waals surface area contributed by atoms with Crippen LogP contribution in [0.1, 0.15) is 15.9 Å². The summed E-state index contributed by atoms with van der Waals surface area (Å²) in [6, 6.07) is 9.54. The quantitative estimate of drug-likeness (QED) is 0.755. The number of carbonyl (C=O) groups excluding carboxylic acids is 1. The normalized spacial score (nSPS) is 11.3. The van der Waals surface area contributed by atoms with Gasteiger partial charge in [-0.05, 0) is 58.7 Å². The van der Waals surface area contributed by atoms with E-state index in [0.717, 1.165) is 10.0 Å². The summed E-state index contributed by atoms with van der Waals surface area (Å²) in [6.45, 7) is 1.86. The van der Waals surface area contributed by atoms with E-state index in [9.17, 15) is 13.2 Å². The van der Waals surface area contributed by atoms with E-state index in [1.807, 2.05) is 19.1 Å². The first kappa shape index (κ1) is 17.1. The number of sulfonamides is 1. The lowest BCUT2D eigenvalue weighted by Gasteiger charge is -2.11. The number of halogens is 2. The van der Waals surface area contributed by atoms with Crippen LogP contribution in [0.5, 0.6) is 0 Å². The Morgan fingerprint density at radius 1 is 1.14 bits per heavy atom. The molecule has 0 heterocycles. The lowest BCUT2D eigenvalue weighted by molar-refractivity contribution is 0.102. The average Bonchev–Trinajstić information content (AvgIpc) is 2.42. The van der Waals surface area contributed by atoms with Gasteiger partial charge in [0.15, 0.2) is 0 Å². The third-order valence-corrected chi connectivity index (χ3v) is 5.05. The second-order valence-corrected chi connectivity index (χ2v) is 7.93. The highest BCUT2D eigenvalue weighted by Crippen LogP contribution is 2.24. The molecule has 116 valence electrons. The highest BCUT2D eigenvalue weighted by molar-refractivity contribution is 9.10. The first-order chi connectivity index (χ1) is 10.2.